The van der Waals surface area contributed by atoms with Crippen molar-refractivity contribution in [2.24, 2.45) is 5.73 Å². The van der Waals surface area contributed by atoms with Gasteiger partial charge in [-0.25, -0.2) is 4.98 Å². The molecule has 0 saturated heterocycles. The minimum atomic E-state index is -0.621. The largest absolute Gasteiger partial charge is 0.397 e. The van der Waals surface area contributed by atoms with Gasteiger partial charge >= 0.3 is 0 Å². The molecule has 1 fully saturated rings. The molecule has 1 aromatic heterocycles. The number of nitrogens with two attached hydrogens (primary N) is 2. The smallest absolute Gasteiger partial charge is 0.252 e. The number of anilines is 2. The van der Waals surface area contributed by atoms with Gasteiger partial charge in [-0.1, -0.05) is 0 Å². The lowest BCUT2D eigenvalue weighted by Crippen LogP contribution is -2.37. The summed E-state index contributed by atoms with van der Waals surface area (Å²) in [6.45, 7) is 0.119. The summed E-state index contributed by atoms with van der Waals surface area (Å²) in [6.07, 6.45) is 3.49. The zero-order valence-corrected chi connectivity index (χ0v) is 10.7. The van der Waals surface area contributed by atoms with Gasteiger partial charge in [0.2, 0.25) is 5.91 Å². The van der Waals surface area contributed by atoms with E-state index in [1.165, 1.54) is 12.3 Å². The molecule has 2 rings (SSSR count). The number of pyridine rings is 1. The number of rotatable bonds is 5. The molecule has 1 aromatic rings. The molecule has 0 aromatic carbocycles. The van der Waals surface area contributed by atoms with Crippen LogP contribution in [-0.4, -0.2) is 36.4 Å². The Bertz CT molecular complexity index is 513. The standard InChI is InChI=1S/C12H17N5O2/c1-17(6-10(18)16-8-2-3-8)12-9(11(14)19)4-7(13)5-15-12/h4-5,8H,2-3,6,13H2,1H3,(H2,14,19)(H,16,18). The van der Waals surface area contributed by atoms with Crippen LogP contribution in [0.15, 0.2) is 12.3 Å². The first-order chi connectivity index (χ1) is 8.97. The first kappa shape index (κ1) is 13.1. The fourth-order valence-corrected chi connectivity index (χ4v) is 1.75. The lowest BCUT2D eigenvalue weighted by atomic mass is 10.2. The third-order valence-corrected chi connectivity index (χ3v) is 2.84. The van der Waals surface area contributed by atoms with Gasteiger partial charge in [-0.2, -0.15) is 0 Å². The molecule has 1 heterocycles. The molecule has 1 aliphatic carbocycles. The Morgan fingerprint density at radius 2 is 2.21 bits per heavy atom. The molecule has 0 bridgehead atoms. The van der Waals surface area contributed by atoms with Gasteiger partial charge in [0, 0.05) is 13.1 Å². The highest BCUT2D eigenvalue weighted by Gasteiger charge is 2.24. The summed E-state index contributed by atoms with van der Waals surface area (Å²) in [6, 6.07) is 1.76. The van der Waals surface area contributed by atoms with Gasteiger partial charge in [0.15, 0.2) is 0 Å². The number of aromatic nitrogens is 1. The second-order valence-electron chi connectivity index (χ2n) is 4.70. The van der Waals surface area contributed by atoms with Crippen molar-refractivity contribution in [2.45, 2.75) is 18.9 Å². The van der Waals surface area contributed by atoms with E-state index in [-0.39, 0.29) is 18.0 Å². The third kappa shape index (κ3) is 3.34. The van der Waals surface area contributed by atoms with E-state index in [4.69, 9.17) is 11.5 Å². The number of hydrogen-bond acceptors (Lipinski definition) is 5. The number of carbonyl (C=O) groups excluding carboxylic acids is 2. The normalized spacial score (nSPS) is 13.9. The van der Waals surface area contributed by atoms with Gasteiger partial charge in [-0.15, -0.1) is 0 Å². The third-order valence-electron chi connectivity index (χ3n) is 2.84. The average Bonchev–Trinajstić information content (AvgIpc) is 3.12. The second-order valence-corrected chi connectivity index (χ2v) is 4.70. The number of nitrogens with zero attached hydrogens (tertiary/aromatic N) is 2. The molecule has 7 nitrogen and oxygen atoms in total. The second kappa shape index (κ2) is 5.13. The van der Waals surface area contributed by atoms with E-state index in [2.05, 4.69) is 10.3 Å². The van der Waals surface area contributed by atoms with Gasteiger partial charge in [0.1, 0.15) is 5.82 Å². The molecule has 5 N–H and O–H groups in total. The van der Waals surface area contributed by atoms with Crippen molar-refractivity contribution in [3.63, 3.8) is 0 Å². The number of nitrogen functional groups attached to an aromatic ring is 1. The highest BCUT2D eigenvalue weighted by molar-refractivity contribution is 5.99. The topological polar surface area (TPSA) is 114 Å². The van der Waals surface area contributed by atoms with Crippen LogP contribution in [-0.2, 0) is 4.79 Å². The number of nitrogens with one attached hydrogen (secondary N) is 1. The van der Waals surface area contributed by atoms with E-state index in [9.17, 15) is 9.59 Å². The summed E-state index contributed by atoms with van der Waals surface area (Å²) >= 11 is 0. The van der Waals surface area contributed by atoms with E-state index in [0.29, 0.717) is 17.5 Å². The maximum absolute atomic E-state index is 11.7. The molecule has 0 spiro atoms. The van der Waals surface area contributed by atoms with Crippen LogP contribution < -0.4 is 21.7 Å². The van der Waals surface area contributed by atoms with Gasteiger partial charge in [0.05, 0.1) is 24.0 Å². The highest BCUT2D eigenvalue weighted by atomic mass is 16.2. The maximum atomic E-state index is 11.7. The van der Waals surface area contributed by atoms with Crippen molar-refractivity contribution in [1.82, 2.24) is 10.3 Å². The number of likely N-dealkylation sites (N-methyl/N-ethyl adjacent to an activating group) is 1. The van der Waals surface area contributed by atoms with Crippen molar-refractivity contribution in [1.29, 1.82) is 0 Å². The van der Waals surface area contributed by atoms with Gasteiger partial charge in [-0.05, 0) is 18.9 Å². The number of primary amides is 1. The Kier molecular flexibility index (Phi) is 3.55. The summed E-state index contributed by atoms with van der Waals surface area (Å²) in [4.78, 5) is 28.7. The predicted molar refractivity (Wildman–Crippen MR) is 71.6 cm³/mol. The van der Waals surface area contributed by atoms with E-state index >= 15 is 0 Å². The Morgan fingerprint density at radius 1 is 1.53 bits per heavy atom. The zero-order chi connectivity index (χ0) is 14.0. The molecular weight excluding hydrogens is 246 g/mol. The van der Waals surface area contributed by atoms with Gasteiger partial charge < -0.3 is 21.7 Å². The van der Waals surface area contributed by atoms with Gasteiger partial charge in [-0.3, -0.25) is 9.59 Å². The fraction of sp³-hybridized carbons (Fsp3) is 0.417. The van der Waals surface area contributed by atoms with Crippen molar-refractivity contribution >= 4 is 23.3 Å². The summed E-state index contributed by atoms with van der Waals surface area (Å²) in [7, 11) is 1.68. The summed E-state index contributed by atoms with van der Waals surface area (Å²) in [5.74, 6) is -0.365. The molecule has 1 saturated carbocycles. The molecule has 19 heavy (non-hydrogen) atoms. The number of amides is 2. The SMILES string of the molecule is CN(CC(=O)NC1CC1)c1ncc(N)cc1C(N)=O. The first-order valence-electron chi connectivity index (χ1n) is 6.03. The van der Waals surface area contributed by atoms with Crippen LogP contribution in [0.5, 0.6) is 0 Å². The molecule has 0 aliphatic heterocycles. The zero-order valence-electron chi connectivity index (χ0n) is 10.7. The van der Waals surface area contributed by atoms with Crippen LogP contribution >= 0.6 is 0 Å². The molecule has 0 atom stereocenters. The molecule has 0 radical (unpaired) electrons. The van der Waals surface area contributed by atoms with E-state index in [1.54, 1.807) is 11.9 Å². The minimum Gasteiger partial charge on any atom is -0.397 e. The predicted octanol–water partition coefficient (Wildman–Crippen LogP) is -0.522. The Labute approximate surface area is 111 Å². The summed E-state index contributed by atoms with van der Waals surface area (Å²) < 4.78 is 0. The quantitative estimate of drug-likeness (QED) is 0.661. The van der Waals surface area contributed by atoms with Crippen LogP contribution in [0.1, 0.15) is 23.2 Å². The average molecular weight is 263 g/mol. The Morgan fingerprint density at radius 3 is 2.79 bits per heavy atom. The molecule has 1 aliphatic rings. The van der Waals surface area contributed by atoms with E-state index < -0.39 is 5.91 Å². The monoisotopic (exact) mass is 263 g/mol. The Hall–Kier alpha value is -2.31. The van der Waals surface area contributed by atoms with Crippen LogP contribution in [0.2, 0.25) is 0 Å². The summed E-state index contributed by atoms with van der Waals surface area (Å²) in [5, 5.41) is 2.87. The van der Waals surface area contributed by atoms with Crippen LogP contribution in [0.25, 0.3) is 0 Å². The number of carbonyl (C=O) groups is 2. The Balaban J connectivity index is 2.10. The van der Waals surface area contributed by atoms with E-state index in [0.717, 1.165) is 12.8 Å². The van der Waals surface area contributed by atoms with Crippen LogP contribution in [0.4, 0.5) is 11.5 Å². The first-order valence-corrected chi connectivity index (χ1v) is 6.03. The minimum absolute atomic E-state index is 0.0981. The lowest BCUT2D eigenvalue weighted by Gasteiger charge is -2.19. The molecular formula is C12H17N5O2. The van der Waals surface area contributed by atoms with E-state index in [1.807, 2.05) is 0 Å². The molecule has 2 amide bonds. The van der Waals surface area contributed by atoms with Crippen LogP contribution in [0.3, 0.4) is 0 Å². The molecule has 7 heteroatoms. The maximum Gasteiger partial charge on any atom is 0.252 e. The van der Waals surface area contributed by atoms with Crippen molar-refractivity contribution in [2.75, 3.05) is 24.2 Å². The highest BCUT2D eigenvalue weighted by Crippen LogP contribution is 2.20. The van der Waals surface area contributed by atoms with Crippen LogP contribution in [0, 0.1) is 0 Å². The molecule has 102 valence electrons. The van der Waals surface area contributed by atoms with Crippen molar-refractivity contribution in [3.8, 4) is 0 Å². The van der Waals surface area contributed by atoms with Crippen molar-refractivity contribution in [3.05, 3.63) is 17.8 Å². The summed E-state index contributed by atoms with van der Waals surface area (Å²) in [5.41, 5.74) is 11.4. The number of hydrogen-bond donors (Lipinski definition) is 3. The van der Waals surface area contributed by atoms with Gasteiger partial charge in [0.25, 0.3) is 5.91 Å². The lowest BCUT2D eigenvalue weighted by molar-refractivity contribution is -0.119. The fourth-order valence-electron chi connectivity index (χ4n) is 1.75. The van der Waals surface area contributed by atoms with Crippen molar-refractivity contribution < 1.29 is 9.59 Å². The molecule has 0 unspecified atom stereocenters.